The second-order valence-corrected chi connectivity index (χ2v) is 10.2. The zero-order valence-corrected chi connectivity index (χ0v) is 21.5. The summed E-state index contributed by atoms with van der Waals surface area (Å²) >= 11 is 14.7. The Labute approximate surface area is 219 Å². The lowest BCUT2D eigenvalue weighted by Crippen LogP contribution is -2.47. The number of carbonyl (C=O) groups excluding carboxylic acids is 1. The highest BCUT2D eigenvalue weighted by molar-refractivity contribution is 7.99. The highest BCUT2D eigenvalue weighted by atomic mass is 35.5. The van der Waals surface area contributed by atoms with Crippen LogP contribution in [-0.2, 0) is 14.3 Å². The van der Waals surface area contributed by atoms with Crippen LogP contribution in [0.3, 0.4) is 0 Å². The third-order valence-corrected chi connectivity index (χ3v) is 8.01. The van der Waals surface area contributed by atoms with E-state index >= 15 is 0 Å². The SMILES string of the molecule is O=C(O)CN1CCN(c2cccc(Sc3ccc(C=CC(=O)N4CCOCC4)c(Cl)c3Cl)c2)CC1. The number of nitrogens with zero attached hydrogens (tertiary/aromatic N) is 3. The predicted octanol–water partition coefficient (Wildman–Crippen LogP) is 4.22. The van der Waals surface area contributed by atoms with Gasteiger partial charge in [-0.1, -0.05) is 47.1 Å². The number of carboxylic acid groups (broad SMARTS) is 1. The lowest BCUT2D eigenvalue weighted by atomic mass is 10.2. The van der Waals surface area contributed by atoms with Gasteiger partial charge in [0.15, 0.2) is 0 Å². The van der Waals surface area contributed by atoms with E-state index in [1.807, 2.05) is 29.2 Å². The van der Waals surface area contributed by atoms with E-state index in [9.17, 15) is 9.59 Å². The zero-order valence-electron chi connectivity index (χ0n) is 19.2. The lowest BCUT2D eigenvalue weighted by Gasteiger charge is -2.35. The van der Waals surface area contributed by atoms with Crippen LogP contribution >= 0.6 is 35.0 Å². The standard InChI is InChI=1S/C25H27Cl2N3O4S/c26-24-18(5-7-22(31)30-12-14-34-15-13-30)4-6-21(25(24)27)35-20-3-1-2-19(16-20)29-10-8-28(9-11-29)17-23(32)33/h1-7,16H,8-15,17H2,(H,32,33). The number of halogens is 2. The molecule has 2 saturated heterocycles. The van der Waals surface area contributed by atoms with Gasteiger partial charge in [0, 0.05) is 60.8 Å². The van der Waals surface area contributed by atoms with Crippen molar-refractivity contribution in [3.8, 4) is 0 Å². The molecule has 4 rings (SSSR count). The number of morpholine rings is 1. The molecular weight excluding hydrogens is 509 g/mol. The summed E-state index contributed by atoms with van der Waals surface area (Å²) in [6.07, 6.45) is 3.22. The van der Waals surface area contributed by atoms with E-state index in [0.717, 1.165) is 28.6 Å². The molecule has 0 spiro atoms. The van der Waals surface area contributed by atoms with Crippen LogP contribution in [0.15, 0.2) is 52.3 Å². The first-order valence-corrected chi connectivity index (χ1v) is 13.0. The first-order valence-electron chi connectivity index (χ1n) is 11.4. The molecule has 2 aliphatic heterocycles. The van der Waals surface area contributed by atoms with Gasteiger partial charge >= 0.3 is 5.97 Å². The Morgan fingerprint density at radius 1 is 1.00 bits per heavy atom. The predicted molar refractivity (Wildman–Crippen MR) is 140 cm³/mol. The van der Waals surface area contributed by atoms with E-state index in [0.29, 0.717) is 55.0 Å². The zero-order chi connectivity index (χ0) is 24.8. The first-order chi connectivity index (χ1) is 16.9. The summed E-state index contributed by atoms with van der Waals surface area (Å²) in [6.45, 7) is 5.35. The normalized spacial score (nSPS) is 17.2. The highest BCUT2D eigenvalue weighted by Gasteiger charge is 2.19. The van der Waals surface area contributed by atoms with Crippen LogP contribution in [0, 0.1) is 0 Å². The van der Waals surface area contributed by atoms with Gasteiger partial charge in [-0.25, -0.2) is 0 Å². The van der Waals surface area contributed by atoms with Gasteiger partial charge in [-0.2, -0.15) is 0 Å². The van der Waals surface area contributed by atoms with Crippen molar-refractivity contribution in [2.45, 2.75) is 9.79 Å². The Balaban J connectivity index is 1.40. The molecule has 2 fully saturated rings. The summed E-state index contributed by atoms with van der Waals surface area (Å²) < 4.78 is 5.29. The minimum Gasteiger partial charge on any atom is -0.480 e. The second-order valence-electron chi connectivity index (χ2n) is 8.31. The second kappa shape index (κ2) is 12.1. The maximum atomic E-state index is 12.4. The number of carbonyl (C=O) groups is 2. The average molecular weight is 536 g/mol. The fourth-order valence-electron chi connectivity index (χ4n) is 4.03. The number of ether oxygens (including phenoxy) is 1. The fraction of sp³-hybridized carbons (Fsp3) is 0.360. The molecule has 186 valence electrons. The number of rotatable bonds is 7. The highest BCUT2D eigenvalue weighted by Crippen LogP contribution is 2.40. The van der Waals surface area contributed by atoms with Gasteiger partial charge < -0.3 is 19.6 Å². The van der Waals surface area contributed by atoms with Crippen molar-refractivity contribution >= 4 is 58.6 Å². The summed E-state index contributed by atoms with van der Waals surface area (Å²) in [5.41, 5.74) is 1.78. The van der Waals surface area contributed by atoms with Crippen LogP contribution in [0.4, 0.5) is 5.69 Å². The topological polar surface area (TPSA) is 73.3 Å². The molecule has 2 aliphatic rings. The van der Waals surface area contributed by atoms with Crippen molar-refractivity contribution < 1.29 is 19.4 Å². The molecule has 0 unspecified atom stereocenters. The molecule has 35 heavy (non-hydrogen) atoms. The first kappa shape index (κ1) is 25.9. The molecule has 1 amide bonds. The number of carboxylic acids is 1. The molecule has 2 aromatic carbocycles. The number of amides is 1. The molecule has 0 bridgehead atoms. The van der Waals surface area contributed by atoms with E-state index in [2.05, 4.69) is 17.0 Å². The lowest BCUT2D eigenvalue weighted by molar-refractivity contribution is -0.138. The van der Waals surface area contributed by atoms with Crippen molar-refractivity contribution in [2.75, 3.05) is 63.9 Å². The molecule has 0 radical (unpaired) electrons. The number of hydrogen-bond acceptors (Lipinski definition) is 6. The molecule has 10 heteroatoms. The van der Waals surface area contributed by atoms with Crippen LogP contribution in [0.1, 0.15) is 5.56 Å². The maximum absolute atomic E-state index is 12.4. The number of aliphatic carboxylic acids is 1. The van der Waals surface area contributed by atoms with Crippen LogP contribution in [0.5, 0.6) is 0 Å². The summed E-state index contributed by atoms with van der Waals surface area (Å²) in [7, 11) is 0. The summed E-state index contributed by atoms with van der Waals surface area (Å²) in [5.74, 6) is -0.864. The third-order valence-electron chi connectivity index (χ3n) is 5.95. The van der Waals surface area contributed by atoms with Crippen molar-refractivity contribution in [1.29, 1.82) is 0 Å². The molecule has 2 aromatic rings. The van der Waals surface area contributed by atoms with Gasteiger partial charge in [-0.3, -0.25) is 14.5 Å². The van der Waals surface area contributed by atoms with E-state index in [-0.39, 0.29) is 12.5 Å². The number of benzene rings is 2. The molecule has 0 aromatic heterocycles. The molecule has 7 nitrogen and oxygen atoms in total. The summed E-state index contributed by atoms with van der Waals surface area (Å²) in [6, 6.07) is 12.0. The third kappa shape index (κ3) is 6.92. The Morgan fingerprint density at radius 2 is 1.74 bits per heavy atom. The number of hydrogen-bond donors (Lipinski definition) is 1. The van der Waals surface area contributed by atoms with Crippen molar-refractivity contribution in [3.63, 3.8) is 0 Å². The van der Waals surface area contributed by atoms with Crippen LogP contribution in [0.2, 0.25) is 10.0 Å². The van der Waals surface area contributed by atoms with Gasteiger partial charge in [-0.15, -0.1) is 0 Å². The van der Waals surface area contributed by atoms with Crippen molar-refractivity contribution in [1.82, 2.24) is 9.80 Å². The fourth-order valence-corrected chi connectivity index (χ4v) is 5.51. The number of anilines is 1. The summed E-state index contributed by atoms with van der Waals surface area (Å²) in [5, 5.41) is 9.85. The molecular formula is C25H27Cl2N3O4S. The van der Waals surface area contributed by atoms with E-state index < -0.39 is 5.97 Å². The van der Waals surface area contributed by atoms with Gasteiger partial charge in [-0.05, 0) is 35.9 Å². The largest absolute Gasteiger partial charge is 0.480 e. The van der Waals surface area contributed by atoms with Gasteiger partial charge in [0.2, 0.25) is 5.91 Å². The van der Waals surface area contributed by atoms with E-state index in [1.165, 1.54) is 17.8 Å². The van der Waals surface area contributed by atoms with E-state index in [4.69, 9.17) is 33.0 Å². The van der Waals surface area contributed by atoms with Gasteiger partial charge in [0.1, 0.15) is 0 Å². The molecule has 2 heterocycles. The monoisotopic (exact) mass is 535 g/mol. The Hall–Kier alpha value is -2.23. The van der Waals surface area contributed by atoms with Crippen LogP contribution in [0.25, 0.3) is 6.08 Å². The minimum absolute atomic E-state index is 0.0699. The quantitative estimate of drug-likeness (QED) is 0.532. The average Bonchev–Trinajstić information content (AvgIpc) is 2.87. The van der Waals surface area contributed by atoms with Crippen molar-refractivity contribution in [3.05, 3.63) is 58.1 Å². The minimum atomic E-state index is -0.794. The molecule has 1 N–H and O–H groups in total. The van der Waals surface area contributed by atoms with Gasteiger partial charge in [0.25, 0.3) is 0 Å². The molecule has 0 saturated carbocycles. The summed E-state index contributed by atoms with van der Waals surface area (Å²) in [4.78, 5) is 31.1. The van der Waals surface area contributed by atoms with Gasteiger partial charge in [0.05, 0.1) is 29.8 Å². The number of piperazine rings is 1. The van der Waals surface area contributed by atoms with E-state index in [1.54, 1.807) is 11.0 Å². The Kier molecular flexibility index (Phi) is 8.97. The molecule has 0 atom stereocenters. The van der Waals surface area contributed by atoms with Crippen LogP contribution < -0.4 is 4.90 Å². The molecule has 0 aliphatic carbocycles. The van der Waals surface area contributed by atoms with Crippen molar-refractivity contribution in [2.24, 2.45) is 0 Å². The Bertz CT molecular complexity index is 1100. The van der Waals surface area contributed by atoms with Crippen LogP contribution in [-0.4, -0.2) is 85.8 Å². The maximum Gasteiger partial charge on any atom is 0.317 e. The smallest absolute Gasteiger partial charge is 0.317 e. The Morgan fingerprint density at radius 3 is 2.46 bits per heavy atom.